The summed E-state index contributed by atoms with van der Waals surface area (Å²) < 4.78 is 5.63. The van der Waals surface area contributed by atoms with E-state index >= 15 is 0 Å². The summed E-state index contributed by atoms with van der Waals surface area (Å²) in [4.78, 5) is 9.00. The first-order valence-corrected chi connectivity index (χ1v) is 9.11. The molecule has 0 bridgehead atoms. The number of hydrogen-bond donors (Lipinski definition) is 2. The van der Waals surface area contributed by atoms with Gasteiger partial charge in [0.05, 0.1) is 0 Å². The molecule has 0 aromatic carbocycles. The highest BCUT2D eigenvalue weighted by Crippen LogP contribution is 2.08. The van der Waals surface area contributed by atoms with Crippen LogP contribution in [0.1, 0.15) is 97.8 Å². The lowest BCUT2D eigenvalue weighted by molar-refractivity contribution is -0.134. The minimum Gasteiger partial charge on any atom is -0.481 e. The predicted octanol–water partition coefficient (Wildman–Crippen LogP) is 5.10. The number of hydrogen-bond acceptors (Lipinski definition) is 3. The summed E-state index contributed by atoms with van der Waals surface area (Å²) in [5, 5.41) is 7.42. The van der Waals surface area contributed by atoms with Crippen molar-refractivity contribution in [3.8, 4) is 0 Å². The van der Waals surface area contributed by atoms with E-state index in [4.69, 9.17) is 20.4 Å². The van der Waals surface area contributed by atoms with Crippen molar-refractivity contribution in [3.63, 3.8) is 0 Å². The Hall–Kier alpha value is -0.610. The Kier molecular flexibility index (Phi) is 21.9. The van der Waals surface area contributed by atoms with E-state index in [1.807, 2.05) is 0 Å². The molecule has 1 unspecified atom stereocenters. The van der Waals surface area contributed by atoms with Crippen molar-refractivity contribution in [3.05, 3.63) is 0 Å². The van der Waals surface area contributed by atoms with Gasteiger partial charge in [0.2, 0.25) is 0 Å². The molecule has 1 atom stereocenters. The van der Waals surface area contributed by atoms with E-state index in [-0.39, 0.29) is 6.23 Å². The van der Waals surface area contributed by atoms with Crippen molar-refractivity contribution in [1.82, 2.24) is 0 Å². The van der Waals surface area contributed by atoms with Gasteiger partial charge in [-0.05, 0) is 19.3 Å². The molecule has 0 fully saturated rings. The zero-order chi connectivity index (χ0) is 17.1. The number of rotatable bonds is 14. The molecule has 4 heteroatoms. The number of carboxylic acid groups (broad SMARTS) is 1. The van der Waals surface area contributed by atoms with E-state index in [2.05, 4.69) is 13.8 Å². The Morgan fingerprint density at radius 3 is 1.82 bits per heavy atom. The smallest absolute Gasteiger partial charge is 0.300 e. The highest BCUT2D eigenvalue weighted by molar-refractivity contribution is 5.62. The van der Waals surface area contributed by atoms with E-state index in [1.54, 1.807) is 0 Å². The van der Waals surface area contributed by atoms with Gasteiger partial charge in [-0.3, -0.25) is 4.79 Å². The molecule has 3 N–H and O–H groups in total. The van der Waals surface area contributed by atoms with Gasteiger partial charge < -0.3 is 15.6 Å². The first kappa shape index (κ1) is 23.7. The second-order valence-corrected chi connectivity index (χ2v) is 5.90. The van der Waals surface area contributed by atoms with E-state index < -0.39 is 5.97 Å². The Morgan fingerprint density at radius 1 is 0.909 bits per heavy atom. The lowest BCUT2D eigenvalue weighted by atomic mass is 10.1. The molecule has 0 aliphatic heterocycles. The standard InChI is InChI=1S/C16H35NO.C2H4O2/c1-3-5-7-9-11-13-15-18-16(17)14-12-10-8-6-4-2;1-2(3)4/h16H,3-15,17H2,1-2H3;1H3,(H,3,4). The van der Waals surface area contributed by atoms with Crippen molar-refractivity contribution in [2.75, 3.05) is 6.61 Å². The quantitative estimate of drug-likeness (QED) is 0.345. The van der Waals surface area contributed by atoms with Gasteiger partial charge in [-0.15, -0.1) is 0 Å². The molecule has 0 rings (SSSR count). The van der Waals surface area contributed by atoms with Gasteiger partial charge in [-0.1, -0.05) is 71.6 Å². The first-order valence-electron chi connectivity index (χ1n) is 9.11. The molecule has 4 nitrogen and oxygen atoms in total. The van der Waals surface area contributed by atoms with Crippen molar-refractivity contribution in [1.29, 1.82) is 0 Å². The van der Waals surface area contributed by atoms with Crippen LogP contribution >= 0.6 is 0 Å². The Balaban J connectivity index is 0. The summed E-state index contributed by atoms with van der Waals surface area (Å²) in [6.45, 7) is 6.43. The van der Waals surface area contributed by atoms with Crippen LogP contribution in [0.4, 0.5) is 0 Å². The number of carboxylic acids is 1. The van der Waals surface area contributed by atoms with Crippen LogP contribution in [0.15, 0.2) is 0 Å². The van der Waals surface area contributed by atoms with Crippen LogP contribution in [0, 0.1) is 0 Å². The normalized spacial score (nSPS) is 11.6. The molecule has 0 saturated carbocycles. The zero-order valence-electron chi connectivity index (χ0n) is 15.1. The fourth-order valence-corrected chi connectivity index (χ4v) is 2.15. The predicted molar refractivity (Wildman–Crippen MR) is 94.0 cm³/mol. The molecule has 134 valence electrons. The summed E-state index contributed by atoms with van der Waals surface area (Å²) in [5.74, 6) is -0.833. The van der Waals surface area contributed by atoms with E-state index in [9.17, 15) is 0 Å². The summed E-state index contributed by atoms with van der Waals surface area (Å²) in [5.41, 5.74) is 5.93. The molecule has 0 saturated heterocycles. The minimum absolute atomic E-state index is 0.0257. The Bertz CT molecular complexity index is 218. The van der Waals surface area contributed by atoms with Gasteiger partial charge in [-0.25, -0.2) is 0 Å². The first-order chi connectivity index (χ1) is 10.5. The lowest BCUT2D eigenvalue weighted by Gasteiger charge is -2.12. The average molecular weight is 318 g/mol. The van der Waals surface area contributed by atoms with Crippen LogP contribution in [-0.4, -0.2) is 23.9 Å². The lowest BCUT2D eigenvalue weighted by Crippen LogP contribution is -2.24. The fraction of sp³-hybridized carbons (Fsp3) is 0.944. The van der Waals surface area contributed by atoms with Crippen molar-refractivity contribution in [2.45, 2.75) is 104 Å². The third kappa shape index (κ3) is 27.7. The maximum Gasteiger partial charge on any atom is 0.300 e. The number of aliphatic carboxylic acids is 1. The number of carbonyl (C=O) groups is 1. The van der Waals surface area contributed by atoms with Gasteiger partial charge in [0.25, 0.3) is 5.97 Å². The molecule has 0 aliphatic carbocycles. The number of unbranched alkanes of at least 4 members (excludes halogenated alkanes) is 9. The van der Waals surface area contributed by atoms with Gasteiger partial charge in [0.15, 0.2) is 0 Å². The van der Waals surface area contributed by atoms with Gasteiger partial charge in [-0.2, -0.15) is 0 Å². The summed E-state index contributed by atoms with van der Waals surface area (Å²) >= 11 is 0. The molecule has 0 heterocycles. The molecule has 0 aromatic rings. The van der Waals surface area contributed by atoms with Gasteiger partial charge in [0, 0.05) is 13.5 Å². The third-order valence-electron chi connectivity index (χ3n) is 3.42. The average Bonchev–Trinajstić information content (AvgIpc) is 2.45. The molecule has 0 aromatic heterocycles. The number of ether oxygens (including phenoxy) is 1. The number of nitrogens with two attached hydrogens (primary N) is 1. The Morgan fingerprint density at radius 2 is 1.32 bits per heavy atom. The second-order valence-electron chi connectivity index (χ2n) is 5.90. The topological polar surface area (TPSA) is 72.5 Å². The zero-order valence-corrected chi connectivity index (χ0v) is 15.1. The molecule has 22 heavy (non-hydrogen) atoms. The third-order valence-corrected chi connectivity index (χ3v) is 3.42. The van der Waals surface area contributed by atoms with Crippen LogP contribution in [-0.2, 0) is 9.53 Å². The van der Waals surface area contributed by atoms with Crippen molar-refractivity contribution in [2.24, 2.45) is 5.73 Å². The molecule has 0 radical (unpaired) electrons. The molecule has 0 spiro atoms. The maximum absolute atomic E-state index is 9.00. The Labute approximate surface area is 137 Å². The van der Waals surface area contributed by atoms with Crippen LogP contribution < -0.4 is 5.73 Å². The SMILES string of the molecule is CC(=O)O.CCCCCCCCOC(N)CCCCCCC. The summed E-state index contributed by atoms with van der Waals surface area (Å²) in [6, 6.07) is 0. The molecular formula is C18H39NO3. The van der Waals surface area contributed by atoms with E-state index in [0.717, 1.165) is 20.0 Å². The van der Waals surface area contributed by atoms with Gasteiger partial charge >= 0.3 is 0 Å². The van der Waals surface area contributed by atoms with Crippen LogP contribution in [0.2, 0.25) is 0 Å². The van der Waals surface area contributed by atoms with Crippen molar-refractivity contribution >= 4 is 5.97 Å². The largest absolute Gasteiger partial charge is 0.481 e. The summed E-state index contributed by atoms with van der Waals surface area (Å²) in [6.07, 6.45) is 15.4. The van der Waals surface area contributed by atoms with Crippen LogP contribution in [0.3, 0.4) is 0 Å². The van der Waals surface area contributed by atoms with Crippen molar-refractivity contribution < 1.29 is 14.6 Å². The molecule has 0 amide bonds. The van der Waals surface area contributed by atoms with Crippen LogP contribution in [0.5, 0.6) is 0 Å². The second kappa shape index (κ2) is 20.4. The summed E-state index contributed by atoms with van der Waals surface area (Å²) in [7, 11) is 0. The molecule has 0 aliphatic rings. The van der Waals surface area contributed by atoms with E-state index in [0.29, 0.717) is 0 Å². The fourth-order valence-electron chi connectivity index (χ4n) is 2.15. The highest BCUT2D eigenvalue weighted by atomic mass is 16.5. The van der Waals surface area contributed by atoms with Gasteiger partial charge in [0.1, 0.15) is 6.23 Å². The molecular weight excluding hydrogens is 278 g/mol. The minimum atomic E-state index is -0.833. The maximum atomic E-state index is 9.00. The van der Waals surface area contributed by atoms with Crippen LogP contribution in [0.25, 0.3) is 0 Å². The monoisotopic (exact) mass is 317 g/mol. The van der Waals surface area contributed by atoms with E-state index in [1.165, 1.54) is 70.6 Å². The highest BCUT2D eigenvalue weighted by Gasteiger charge is 2.01.